The van der Waals surface area contributed by atoms with Crippen LogP contribution in [-0.2, 0) is 13.2 Å². The number of hydrogen-bond donors (Lipinski definition) is 1. The molecule has 34 heavy (non-hydrogen) atoms. The van der Waals surface area contributed by atoms with E-state index >= 15 is 0 Å². The van der Waals surface area contributed by atoms with Gasteiger partial charge in [-0.05, 0) is 59.4 Å². The third kappa shape index (κ3) is 5.16. The summed E-state index contributed by atoms with van der Waals surface area (Å²) in [6, 6.07) is 27.8. The van der Waals surface area contributed by atoms with E-state index in [2.05, 4.69) is 59.6 Å². The molecule has 0 aliphatic rings. The van der Waals surface area contributed by atoms with Crippen molar-refractivity contribution >= 4 is 17.7 Å². The van der Waals surface area contributed by atoms with Gasteiger partial charge in [0.15, 0.2) is 12.0 Å². The molecule has 0 atom stereocenters. The Morgan fingerprint density at radius 1 is 0.941 bits per heavy atom. The van der Waals surface area contributed by atoms with Crippen molar-refractivity contribution in [1.29, 1.82) is 0 Å². The molecule has 0 bridgehead atoms. The average Bonchev–Trinajstić information content (AvgIpc) is 2.88. The van der Waals surface area contributed by atoms with Crippen molar-refractivity contribution in [2.45, 2.75) is 27.0 Å². The number of anilines is 1. The van der Waals surface area contributed by atoms with Gasteiger partial charge in [-0.1, -0.05) is 66.7 Å². The Kier molecular flexibility index (Phi) is 7.05. The third-order valence-corrected chi connectivity index (χ3v) is 5.92. The number of carbonyl (C=O) groups is 1. The van der Waals surface area contributed by atoms with Crippen LogP contribution in [0.4, 0.5) is 11.4 Å². The second-order valence-electron chi connectivity index (χ2n) is 8.20. The number of benzene rings is 4. The fourth-order valence-corrected chi connectivity index (χ4v) is 3.99. The summed E-state index contributed by atoms with van der Waals surface area (Å²) in [5.74, 6) is 0.520. The van der Waals surface area contributed by atoms with Crippen LogP contribution in [0.25, 0.3) is 16.0 Å². The Balaban J connectivity index is 1.54. The second kappa shape index (κ2) is 10.5. The van der Waals surface area contributed by atoms with E-state index in [0.717, 1.165) is 23.1 Å². The molecule has 1 N–H and O–H groups in total. The highest BCUT2D eigenvalue weighted by atomic mass is 16.5. The maximum atomic E-state index is 11.7. The summed E-state index contributed by atoms with van der Waals surface area (Å²) in [4.78, 5) is 15.1. The molecule has 0 heterocycles. The monoisotopic (exact) mass is 446 g/mol. The summed E-state index contributed by atoms with van der Waals surface area (Å²) in [5, 5.41) is 3.52. The highest BCUT2D eigenvalue weighted by molar-refractivity contribution is 5.82. The Labute approximate surface area is 200 Å². The predicted molar refractivity (Wildman–Crippen MR) is 138 cm³/mol. The molecule has 0 aromatic heterocycles. The molecule has 4 heteroatoms. The standard InChI is InChI=1S/C30H26N2O2/c1-21-15-26(19-33)30(34-20-23-9-7-13-27(16-23)31-3)17-29(21)32-18-25-12-8-14-28(22(25)2)24-10-5-4-6-11-24/h4-17,19,32H,18,20H2,1-2H3. The van der Waals surface area contributed by atoms with Crippen molar-refractivity contribution in [2.24, 2.45) is 0 Å². The number of nitrogens with zero attached hydrogens (tertiary/aromatic N) is 1. The number of ether oxygens (including phenoxy) is 1. The van der Waals surface area contributed by atoms with Gasteiger partial charge in [-0.3, -0.25) is 4.79 Å². The van der Waals surface area contributed by atoms with Crippen LogP contribution in [0.2, 0.25) is 0 Å². The van der Waals surface area contributed by atoms with Crippen molar-refractivity contribution in [2.75, 3.05) is 5.32 Å². The molecular formula is C30H26N2O2. The van der Waals surface area contributed by atoms with Crippen LogP contribution in [0.5, 0.6) is 5.75 Å². The molecule has 4 aromatic carbocycles. The molecule has 168 valence electrons. The van der Waals surface area contributed by atoms with Gasteiger partial charge in [-0.15, -0.1) is 0 Å². The predicted octanol–water partition coefficient (Wildman–Crippen LogP) is 7.52. The van der Waals surface area contributed by atoms with Gasteiger partial charge in [-0.25, -0.2) is 4.85 Å². The quantitative estimate of drug-likeness (QED) is 0.225. The molecule has 0 radical (unpaired) electrons. The van der Waals surface area contributed by atoms with E-state index < -0.39 is 0 Å². The molecule has 0 fully saturated rings. The first-order chi connectivity index (χ1) is 16.6. The number of aryl methyl sites for hydroxylation is 1. The van der Waals surface area contributed by atoms with Gasteiger partial charge in [0, 0.05) is 18.3 Å². The normalized spacial score (nSPS) is 10.4. The van der Waals surface area contributed by atoms with Crippen molar-refractivity contribution < 1.29 is 9.53 Å². The van der Waals surface area contributed by atoms with Crippen LogP contribution in [0.1, 0.15) is 32.6 Å². The summed E-state index contributed by atoms with van der Waals surface area (Å²) < 4.78 is 5.99. The molecule has 0 saturated carbocycles. The minimum absolute atomic E-state index is 0.283. The Bertz CT molecular complexity index is 1350. The van der Waals surface area contributed by atoms with Gasteiger partial charge in [0.1, 0.15) is 12.4 Å². The summed E-state index contributed by atoms with van der Waals surface area (Å²) in [6.07, 6.45) is 0.815. The molecule has 0 unspecified atom stereocenters. The first kappa shape index (κ1) is 22.8. The molecule has 4 aromatic rings. The molecular weight excluding hydrogens is 420 g/mol. The highest BCUT2D eigenvalue weighted by Gasteiger charge is 2.11. The minimum Gasteiger partial charge on any atom is -0.488 e. The zero-order chi connectivity index (χ0) is 23.9. The van der Waals surface area contributed by atoms with Gasteiger partial charge < -0.3 is 10.1 Å². The lowest BCUT2D eigenvalue weighted by molar-refractivity contribution is 0.111. The van der Waals surface area contributed by atoms with Gasteiger partial charge in [-0.2, -0.15) is 0 Å². The van der Waals surface area contributed by atoms with Gasteiger partial charge >= 0.3 is 0 Å². The maximum Gasteiger partial charge on any atom is 0.187 e. The molecule has 0 spiro atoms. The Morgan fingerprint density at radius 3 is 2.50 bits per heavy atom. The SMILES string of the molecule is [C-]#[N+]c1cccc(COc2cc(NCc3cccc(-c4ccccc4)c3C)c(C)cc2C=O)c1. The minimum atomic E-state index is 0.283. The Hall–Kier alpha value is -4.36. The fourth-order valence-electron chi connectivity index (χ4n) is 3.99. The zero-order valence-corrected chi connectivity index (χ0v) is 19.3. The van der Waals surface area contributed by atoms with Gasteiger partial charge in [0.2, 0.25) is 0 Å². The van der Waals surface area contributed by atoms with E-state index in [9.17, 15) is 4.79 Å². The largest absolute Gasteiger partial charge is 0.488 e. The highest BCUT2D eigenvalue weighted by Crippen LogP contribution is 2.30. The van der Waals surface area contributed by atoms with Gasteiger partial charge in [0.25, 0.3) is 0 Å². The lowest BCUT2D eigenvalue weighted by Crippen LogP contribution is -2.05. The lowest BCUT2D eigenvalue weighted by Gasteiger charge is -2.17. The van der Waals surface area contributed by atoms with Crippen LogP contribution in [0, 0.1) is 20.4 Å². The topological polar surface area (TPSA) is 42.7 Å². The third-order valence-electron chi connectivity index (χ3n) is 5.92. The smallest absolute Gasteiger partial charge is 0.187 e. The summed E-state index contributed by atoms with van der Waals surface area (Å²) >= 11 is 0. The van der Waals surface area contributed by atoms with Crippen molar-refractivity contribution in [1.82, 2.24) is 0 Å². The van der Waals surface area contributed by atoms with Gasteiger partial charge in [0.05, 0.1) is 12.1 Å². The molecule has 0 aliphatic carbocycles. The fraction of sp³-hybridized carbons (Fsp3) is 0.133. The number of carbonyl (C=O) groups excluding carboxylic acids is 1. The summed E-state index contributed by atoms with van der Waals surface area (Å²) in [5.41, 5.74) is 8.71. The molecule has 0 saturated heterocycles. The zero-order valence-electron chi connectivity index (χ0n) is 19.3. The van der Waals surface area contributed by atoms with E-state index in [1.54, 1.807) is 12.1 Å². The van der Waals surface area contributed by atoms with Crippen LogP contribution in [-0.4, -0.2) is 6.29 Å². The summed E-state index contributed by atoms with van der Waals surface area (Å²) in [6.45, 7) is 12.2. The molecule has 4 nitrogen and oxygen atoms in total. The second-order valence-corrected chi connectivity index (χ2v) is 8.20. The van der Waals surface area contributed by atoms with Crippen LogP contribution in [0.15, 0.2) is 84.9 Å². The van der Waals surface area contributed by atoms with Crippen LogP contribution >= 0.6 is 0 Å². The van der Waals surface area contributed by atoms with E-state index in [1.165, 1.54) is 22.3 Å². The first-order valence-corrected chi connectivity index (χ1v) is 11.2. The van der Waals surface area contributed by atoms with E-state index in [4.69, 9.17) is 11.3 Å². The number of aldehydes is 1. The summed E-state index contributed by atoms with van der Waals surface area (Å²) in [7, 11) is 0. The van der Waals surface area contributed by atoms with Crippen molar-refractivity contribution in [3.8, 4) is 16.9 Å². The van der Waals surface area contributed by atoms with E-state index in [1.807, 2.05) is 37.3 Å². The van der Waals surface area contributed by atoms with Crippen molar-refractivity contribution in [3.05, 3.63) is 124 Å². The van der Waals surface area contributed by atoms with Crippen molar-refractivity contribution in [3.63, 3.8) is 0 Å². The lowest BCUT2D eigenvalue weighted by atomic mass is 9.96. The average molecular weight is 447 g/mol. The Morgan fingerprint density at radius 2 is 1.74 bits per heavy atom. The molecule has 4 rings (SSSR count). The molecule has 0 amide bonds. The molecule has 0 aliphatic heterocycles. The number of hydrogen-bond acceptors (Lipinski definition) is 3. The first-order valence-electron chi connectivity index (χ1n) is 11.2. The van der Waals surface area contributed by atoms with E-state index in [-0.39, 0.29) is 6.61 Å². The number of nitrogens with one attached hydrogen (secondary N) is 1. The number of rotatable bonds is 8. The van der Waals surface area contributed by atoms with Crippen LogP contribution < -0.4 is 10.1 Å². The van der Waals surface area contributed by atoms with E-state index in [0.29, 0.717) is 23.5 Å². The maximum absolute atomic E-state index is 11.7. The van der Waals surface area contributed by atoms with Crippen LogP contribution in [0.3, 0.4) is 0 Å².